The Labute approximate surface area is 185 Å². The molecule has 1 atom stereocenters. The number of fused-ring (bicyclic) bond motifs is 1. The van der Waals surface area contributed by atoms with Crippen LogP contribution in [0, 0.1) is 0 Å². The first-order valence-corrected chi connectivity index (χ1v) is 10.0. The van der Waals surface area contributed by atoms with Crippen molar-refractivity contribution in [3.63, 3.8) is 0 Å². The molecule has 0 radical (unpaired) electrons. The zero-order chi connectivity index (χ0) is 22.9. The minimum atomic E-state index is -2.04. The molecule has 1 aliphatic heterocycles. The second-order valence-corrected chi connectivity index (χ2v) is 7.58. The molecule has 1 aliphatic rings. The monoisotopic (exact) mass is 433 g/mol. The molecule has 0 saturated heterocycles. The number of rotatable bonds is 7. The molecule has 0 saturated carbocycles. The molecule has 32 heavy (non-hydrogen) atoms. The second-order valence-electron chi connectivity index (χ2n) is 7.58. The Bertz CT molecular complexity index is 1190. The van der Waals surface area contributed by atoms with Crippen LogP contribution in [0.15, 0.2) is 66.7 Å². The number of methoxy groups -OCH3 is 2. The van der Waals surface area contributed by atoms with Crippen LogP contribution in [0.5, 0.6) is 17.2 Å². The minimum absolute atomic E-state index is 0.0598. The number of ether oxygens (including phenoxy) is 2. The number of anilines is 1. The average molecular weight is 433 g/mol. The summed E-state index contributed by atoms with van der Waals surface area (Å²) in [6, 6.07) is 18.2. The van der Waals surface area contributed by atoms with Gasteiger partial charge >= 0.3 is 0 Å². The Morgan fingerprint density at radius 3 is 2.38 bits per heavy atom. The first-order valence-electron chi connectivity index (χ1n) is 10.0. The van der Waals surface area contributed by atoms with Crippen molar-refractivity contribution in [1.82, 2.24) is 0 Å². The maximum atomic E-state index is 13.4. The summed E-state index contributed by atoms with van der Waals surface area (Å²) in [6.07, 6.45) is -0.483. The van der Waals surface area contributed by atoms with E-state index >= 15 is 0 Å². The summed E-state index contributed by atoms with van der Waals surface area (Å²) in [5.74, 6) is -0.231. The Morgan fingerprint density at radius 2 is 1.66 bits per heavy atom. The molecule has 1 heterocycles. The van der Waals surface area contributed by atoms with E-state index in [-0.39, 0.29) is 17.9 Å². The summed E-state index contributed by atoms with van der Waals surface area (Å²) >= 11 is 0. The van der Waals surface area contributed by atoms with Gasteiger partial charge in [0.2, 0.25) is 0 Å². The third kappa shape index (κ3) is 3.56. The van der Waals surface area contributed by atoms with Crippen LogP contribution in [0.2, 0.25) is 0 Å². The van der Waals surface area contributed by atoms with E-state index in [9.17, 15) is 19.8 Å². The predicted molar refractivity (Wildman–Crippen MR) is 118 cm³/mol. The van der Waals surface area contributed by atoms with Gasteiger partial charge in [0.05, 0.1) is 38.4 Å². The lowest BCUT2D eigenvalue weighted by molar-refractivity contribution is -0.136. The number of phenolic OH excluding ortho intramolecular Hbond substituents is 1. The average Bonchev–Trinajstić information content (AvgIpc) is 3.01. The number of para-hydroxylation sites is 2. The highest BCUT2D eigenvalue weighted by Crippen LogP contribution is 2.44. The van der Waals surface area contributed by atoms with E-state index in [2.05, 4.69) is 0 Å². The number of amides is 1. The number of hydrogen-bond acceptors (Lipinski definition) is 6. The van der Waals surface area contributed by atoms with Gasteiger partial charge in [-0.15, -0.1) is 0 Å². The first-order chi connectivity index (χ1) is 15.4. The molecule has 0 fully saturated rings. The quantitative estimate of drug-likeness (QED) is 0.555. The lowest BCUT2D eigenvalue weighted by Crippen LogP contribution is -2.41. The Hall–Kier alpha value is -3.84. The molecule has 3 aromatic carbocycles. The fraction of sp³-hybridized carbons (Fsp3) is 0.200. The van der Waals surface area contributed by atoms with Crippen molar-refractivity contribution in [3.05, 3.63) is 83.4 Å². The van der Waals surface area contributed by atoms with Gasteiger partial charge in [0, 0.05) is 5.56 Å². The van der Waals surface area contributed by atoms with Gasteiger partial charge in [-0.25, -0.2) is 0 Å². The number of benzene rings is 3. The van der Waals surface area contributed by atoms with E-state index < -0.39 is 23.7 Å². The van der Waals surface area contributed by atoms with Gasteiger partial charge < -0.3 is 24.6 Å². The highest BCUT2D eigenvalue weighted by Gasteiger charge is 2.50. The number of phenols is 1. The van der Waals surface area contributed by atoms with Gasteiger partial charge in [0.15, 0.2) is 22.9 Å². The fourth-order valence-corrected chi connectivity index (χ4v) is 4.03. The van der Waals surface area contributed by atoms with Crippen LogP contribution in [-0.2, 0) is 16.9 Å². The van der Waals surface area contributed by atoms with Crippen molar-refractivity contribution in [1.29, 1.82) is 0 Å². The maximum Gasteiger partial charge on any atom is 0.264 e. The number of Topliss-reactive ketones (excluding diaryl/α,β-unsaturated/α-hetero) is 1. The van der Waals surface area contributed by atoms with E-state index in [1.807, 2.05) is 6.07 Å². The lowest BCUT2D eigenvalue weighted by atomic mass is 9.88. The first kappa shape index (κ1) is 21.4. The number of carbonyl (C=O) groups excluding carboxylic acids is 2. The zero-order valence-corrected chi connectivity index (χ0v) is 17.7. The number of ketones is 1. The van der Waals surface area contributed by atoms with E-state index in [1.54, 1.807) is 55.6 Å². The van der Waals surface area contributed by atoms with Crippen LogP contribution >= 0.6 is 0 Å². The highest BCUT2D eigenvalue weighted by molar-refractivity contribution is 6.11. The standard InChI is InChI=1S/C25H23NO6/c1-31-22-12-11-16(13-23(22)32-2)15-26-19-9-5-4-8-18(19)25(30,24(26)29)14-21(28)17-7-3-6-10-20(17)27/h3-13,27,30H,14-15H2,1-2H3/t25-/m0/s1. The normalized spacial score (nSPS) is 17.2. The molecule has 2 N–H and O–H groups in total. The lowest BCUT2D eigenvalue weighted by Gasteiger charge is -2.23. The summed E-state index contributed by atoms with van der Waals surface area (Å²) in [5, 5.41) is 21.4. The molecule has 0 aromatic heterocycles. The second kappa shape index (κ2) is 8.36. The van der Waals surface area contributed by atoms with Crippen molar-refractivity contribution in [2.24, 2.45) is 0 Å². The molecule has 0 bridgehead atoms. The summed E-state index contributed by atoms with van der Waals surface area (Å²) in [7, 11) is 3.07. The molecule has 1 amide bonds. The van der Waals surface area contributed by atoms with Gasteiger partial charge in [-0.05, 0) is 35.9 Å². The maximum absolute atomic E-state index is 13.4. The molecular formula is C25H23NO6. The van der Waals surface area contributed by atoms with Crippen LogP contribution in [-0.4, -0.2) is 36.1 Å². The molecule has 7 nitrogen and oxygen atoms in total. The number of nitrogens with zero attached hydrogens (tertiary/aromatic N) is 1. The van der Waals surface area contributed by atoms with E-state index in [1.165, 1.54) is 24.1 Å². The van der Waals surface area contributed by atoms with Crippen molar-refractivity contribution in [2.75, 3.05) is 19.1 Å². The number of carbonyl (C=O) groups is 2. The summed E-state index contributed by atoms with van der Waals surface area (Å²) in [4.78, 5) is 27.8. The zero-order valence-electron chi connectivity index (χ0n) is 17.7. The summed E-state index contributed by atoms with van der Waals surface area (Å²) < 4.78 is 10.6. The molecule has 7 heteroatoms. The number of aromatic hydroxyl groups is 1. The summed E-state index contributed by atoms with van der Waals surface area (Å²) in [6.45, 7) is 0.170. The van der Waals surface area contributed by atoms with Gasteiger partial charge in [-0.1, -0.05) is 36.4 Å². The van der Waals surface area contributed by atoms with E-state index in [4.69, 9.17) is 9.47 Å². The third-order valence-corrected chi connectivity index (χ3v) is 5.65. The molecular weight excluding hydrogens is 410 g/mol. The molecule has 0 aliphatic carbocycles. The van der Waals surface area contributed by atoms with Gasteiger partial charge in [0.25, 0.3) is 5.91 Å². The van der Waals surface area contributed by atoms with E-state index in [0.717, 1.165) is 5.56 Å². The van der Waals surface area contributed by atoms with Crippen LogP contribution in [0.4, 0.5) is 5.69 Å². The smallest absolute Gasteiger partial charge is 0.264 e. The SMILES string of the molecule is COc1ccc(CN2C(=O)[C@](O)(CC(=O)c3ccccc3O)c3ccccc32)cc1OC. The Balaban J connectivity index is 1.68. The molecule has 164 valence electrons. The largest absolute Gasteiger partial charge is 0.507 e. The predicted octanol–water partition coefficient (Wildman–Crippen LogP) is 3.42. The van der Waals surface area contributed by atoms with Crippen LogP contribution in [0.25, 0.3) is 0 Å². The highest BCUT2D eigenvalue weighted by atomic mass is 16.5. The van der Waals surface area contributed by atoms with Crippen molar-refractivity contribution in [2.45, 2.75) is 18.6 Å². The van der Waals surface area contributed by atoms with Crippen LogP contribution < -0.4 is 14.4 Å². The fourth-order valence-electron chi connectivity index (χ4n) is 4.03. The molecule has 4 rings (SSSR count). The molecule has 3 aromatic rings. The number of hydrogen-bond donors (Lipinski definition) is 2. The molecule has 0 unspecified atom stereocenters. The third-order valence-electron chi connectivity index (χ3n) is 5.65. The minimum Gasteiger partial charge on any atom is -0.507 e. The topological polar surface area (TPSA) is 96.3 Å². The summed E-state index contributed by atoms with van der Waals surface area (Å²) in [5.41, 5.74) is -0.326. The Kier molecular flexibility index (Phi) is 5.59. The van der Waals surface area contributed by atoms with Crippen molar-refractivity contribution in [3.8, 4) is 17.2 Å². The van der Waals surface area contributed by atoms with E-state index in [0.29, 0.717) is 22.7 Å². The van der Waals surface area contributed by atoms with Crippen molar-refractivity contribution < 1.29 is 29.3 Å². The number of aliphatic hydroxyl groups is 1. The molecule has 0 spiro atoms. The van der Waals surface area contributed by atoms with Crippen molar-refractivity contribution >= 4 is 17.4 Å². The van der Waals surface area contributed by atoms with Crippen LogP contribution in [0.3, 0.4) is 0 Å². The van der Waals surface area contributed by atoms with Gasteiger partial charge in [-0.2, -0.15) is 0 Å². The van der Waals surface area contributed by atoms with Crippen LogP contribution in [0.1, 0.15) is 27.9 Å². The van der Waals surface area contributed by atoms with Gasteiger partial charge in [-0.3, -0.25) is 9.59 Å². The Morgan fingerprint density at radius 1 is 0.969 bits per heavy atom. The van der Waals surface area contributed by atoms with Gasteiger partial charge in [0.1, 0.15) is 5.75 Å².